The first-order valence-corrected chi connectivity index (χ1v) is 6.69. The molecule has 2 amide bonds. The highest BCUT2D eigenvalue weighted by Crippen LogP contribution is 2.26. The first kappa shape index (κ1) is 14.6. The van der Waals surface area contributed by atoms with E-state index in [1.165, 1.54) is 6.07 Å². The van der Waals surface area contributed by atoms with Crippen molar-refractivity contribution >= 4 is 17.6 Å². The molecule has 116 valence electrons. The molecule has 23 heavy (non-hydrogen) atoms. The number of nitrogens with zero attached hydrogens (tertiary/aromatic N) is 3. The molecule has 1 aliphatic heterocycles. The fraction of sp³-hybridized carbons (Fsp3) is 0.133. The summed E-state index contributed by atoms with van der Waals surface area (Å²) in [4.78, 5) is 39.4. The number of benzene rings is 1. The lowest BCUT2D eigenvalue weighted by atomic mass is 10.1. The second-order valence-corrected chi connectivity index (χ2v) is 4.89. The van der Waals surface area contributed by atoms with Crippen molar-refractivity contribution in [2.75, 3.05) is 6.73 Å². The summed E-state index contributed by atoms with van der Waals surface area (Å²) in [5.41, 5.74) is 1.04. The molecule has 0 radical (unpaired) electrons. The third kappa shape index (κ3) is 2.50. The van der Waals surface area contributed by atoms with Crippen LogP contribution in [0.5, 0.6) is 5.75 Å². The Labute approximate surface area is 130 Å². The number of rotatable bonds is 4. The van der Waals surface area contributed by atoms with E-state index in [1.807, 2.05) is 0 Å². The van der Waals surface area contributed by atoms with Crippen molar-refractivity contribution in [3.63, 3.8) is 0 Å². The molecule has 1 aliphatic rings. The van der Waals surface area contributed by atoms with Gasteiger partial charge in [-0.15, -0.1) is 0 Å². The van der Waals surface area contributed by atoms with E-state index in [-0.39, 0.29) is 16.9 Å². The molecular formula is C15H11N3O5. The highest BCUT2D eigenvalue weighted by Gasteiger charge is 2.35. The van der Waals surface area contributed by atoms with Gasteiger partial charge in [0.15, 0.2) is 6.73 Å². The van der Waals surface area contributed by atoms with Crippen LogP contribution in [0.4, 0.5) is 5.82 Å². The minimum absolute atomic E-state index is 0.0999. The van der Waals surface area contributed by atoms with Crippen LogP contribution in [0.1, 0.15) is 26.4 Å². The summed E-state index contributed by atoms with van der Waals surface area (Å²) in [5, 5.41) is 11.0. The molecule has 0 unspecified atom stereocenters. The van der Waals surface area contributed by atoms with E-state index in [2.05, 4.69) is 4.98 Å². The molecule has 0 N–H and O–H groups in total. The number of hydrogen-bond donors (Lipinski definition) is 0. The average molecular weight is 313 g/mol. The van der Waals surface area contributed by atoms with Crippen LogP contribution in [0.25, 0.3) is 0 Å². The summed E-state index contributed by atoms with van der Waals surface area (Å²) >= 11 is 0. The summed E-state index contributed by atoms with van der Waals surface area (Å²) in [6, 6.07) is 9.34. The molecule has 1 aromatic carbocycles. The predicted molar refractivity (Wildman–Crippen MR) is 78.1 cm³/mol. The maximum atomic E-state index is 12.2. The van der Waals surface area contributed by atoms with Crippen LogP contribution in [0, 0.1) is 17.0 Å². The number of carbonyl (C=O) groups is 2. The van der Waals surface area contributed by atoms with E-state index in [1.54, 1.807) is 37.3 Å². The SMILES string of the molecule is Cc1ccc(OCN2C(=O)c3ccccc3C2=O)c([N+](=O)[O-])n1. The number of aromatic nitrogens is 1. The number of imide groups is 1. The van der Waals surface area contributed by atoms with Crippen LogP contribution in [0.15, 0.2) is 36.4 Å². The van der Waals surface area contributed by atoms with Crippen LogP contribution in [0.3, 0.4) is 0 Å². The van der Waals surface area contributed by atoms with Gasteiger partial charge < -0.3 is 14.9 Å². The zero-order valence-corrected chi connectivity index (χ0v) is 12.1. The van der Waals surface area contributed by atoms with E-state index in [0.717, 1.165) is 4.90 Å². The highest BCUT2D eigenvalue weighted by molar-refractivity contribution is 6.21. The van der Waals surface area contributed by atoms with Gasteiger partial charge in [-0.05, 0) is 34.2 Å². The Morgan fingerprint density at radius 2 is 1.74 bits per heavy atom. The van der Waals surface area contributed by atoms with Crippen molar-refractivity contribution in [1.82, 2.24) is 9.88 Å². The van der Waals surface area contributed by atoms with Gasteiger partial charge >= 0.3 is 5.82 Å². The molecule has 0 bridgehead atoms. The molecule has 1 aromatic heterocycles. The first-order chi connectivity index (χ1) is 11.0. The van der Waals surface area contributed by atoms with E-state index < -0.39 is 29.3 Å². The fourth-order valence-corrected chi connectivity index (χ4v) is 2.26. The van der Waals surface area contributed by atoms with E-state index >= 15 is 0 Å². The third-order valence-electron chi connectivity index (χ3n) is 3.38. The lowest BCUT2D eigenvalue weighted by molar-refractivity contribution is -0.390. The lowest BCUT2D eigenvalue weighted by Crippen LogP contribution is -2.33. The largest absolute Gasteiger partial charge is 0.464 e. The number of amides is 2. The number of nitro groups is 1. The quantitative estimate of drug-likeness (QED) is 0.485. The molecule has 8 nitrogen and oxygen atoms in total. The topological polar surface area (TPSA) is 103 Å². The highest BCUT2D eigenvalue weighted by atomic mass is 16.6. The van der Waals surface area contributed by atoms with Gasteiger partial charge in [0.1, 0.15) is 5.69 Å². The maximum Gasteiger partial charge on any atom is 0.406 e. The number of pyridine rings is 1. The molecule has 3 rings (SSSR count). The average Bonchev–Trinajstić information content (AvgIpc) is 2.78. The predicted octanol–water partition coefficient (Wildman–Crippen LogP) is 1.93. The third-order valence-corrected chi connectivity index (χ3v) is 3.38. The van der Waals surface area contributed by atoms with Crippen LogP contribution in [-0.4, -0.2) is 33.4 Å². The van der Waals surface area contributed by atoms with Gasteiger partial charge in [0.2, 0.25) is 5.75 Å². The molecule has 0 saturated carbocycles. The summed E-state index contributed by atoms with van der Waals surface area (Å²) in [6.45, 7) is 1.19. The minimum atomic E-state index is -0.676. The van der Waals surface area contributed by atoms with Gasteiger partial charge in [0.05, 0.1) is 11.1 Å². The molecule has 2 heterocycles. The van der Waals surface area contributed by atoms with Gasteiger partial charge in [0.25, 0.3) is 11.8 Å². The zero-order chi connectivity index (χ0) is 16.6. The number of ether oxygens (including phenoxy) is 1. The molecular weight excluding hydrogens is 302 g/mol. The molecule has 0 spiro atoms. The van der Waals surface area contributed by atoms with Crippen molar-refractivity contribution in [3.8, 4) is 5.75 Å². The van der Waals surface area contributed by atoms with Gasteiger partial charge in [-0.1, -0.05) is 12.1 Å². The van der Waals surface area contributed by atoms with Crippen molar-refractivity contribution in [2.24, 2.45) is 0 Å². The Kier molecular flexibility index (Phi) is 3.49. The normalized spacial score (nSPS) is 13.2. The Hall–Kier alpha value is -3.29. The monoisotopic (exact) mass is 313 g/mol. The molecule has 2 aromatic rings. The first-order valence-electron chi connectivity index (χ1n) is 6.69. The Balaban J connectivity index is 1.82. The summed E-state index contributed by atoms with van der Waals surface area (Å²) in [5.74, 6) is -1.54. The zero-order valence-electron chi connectivity index (χ0n) is 12.1. The van der Waals surface area contributed by atoms with E-state index in [0.29, 0.717) is 5.69 Å². The van der Waals surface area contributed by atoms with Gasteiger partial charge in [-0.25, -0.2) is 4.90 Å². The number of fused-ring (bicyclic) bond motifs is 1. The van der Waals surface area contributed by atoms with Crippen LogP contribution in [-0.2, 0) is 0 Å². The second-order valence-electron chi connectivity index (χ2n) is 4.89. The van der Waals surface area contributed by atoms with Crippen molar-refractivity contribution < 1.29 is 19.2 Å². The molecule has 0 saturated heterocycles. The molecule has 0 aliphatic carbocycles. The van der Waals surface area contributed by atoms with Crippen LogP contribution in [0.2, 0.25) is 0 Å². The molecule has 8 heteroatoms. The Morgan fingerprint density at radius 3 is 2.30 bits per heavy atom. The van der Waals surface area contributed by atoms with Gasteiger partial charge in [-0.2, -0.15) is 0 Å². The fourth-order valence-electron chi connectivity index (χ4n) is 2.26. The van der Waals surface area contributed by atoms with Crippen molar-refractivity contribution in [2.45, 2.75) is 6.92 Å². The number of hydrogen-bond acceptors (Lipinski definition) is 6. The smallest absolute Gasteiger partial charge is 0.406 e. The second kappa shape index (κ2) is 5.48. The summed E-state index contributed by atoms with van der Waals surface area (Å²) in [6.07, 6.45) is 0. The van der Waals surface area contributed by atoms with Gasteiger partial charge in [0, 0.05) is 6.92 Å². The lowest BCUT2D eigenvalue weighted by Gasteiger charge is -2.14. The molecule has 0 fully saturated rings. The summed E-state index contributed by atoms with van der Waals surface area (Å²) in [7, 11) is 0. The number of aryl methyl sites for hydroxylation is 1. The van der Waals surface area contributed by atoms with E-state index in [4.69, 9.17) is 4.74 Å². The maximum absolute atomic E-state index is 12.2. The Morgan fingerprint density at radius 1 is 1.13 bits per heavy atom. The van der Waals surface area contributed by atoms with Crippen molar-refractivity contribution in [1.29, 1.82) is 0 Å². The van der Waals surface area contributed by atoms with Crippen molar-refractivity contribution in [3.05, 3.63) is 63.3 Å². The standard InChI is InChI=1S/C15H11N3O5/c1-9-6-7-12(13(16-9)18(21)22)23-8-17-14(19)10-4-2-3-5-11(10)15(17)20/h2-7H,8H2,1H3. The molecule has 0 atom stereocenters. The summed E-state index contributed by atoms with van der Waals surface area (Å²) < 4.78 is 5.29. The van der Waals surface area contributed by atoms with Crippen LogP contribution < -0.4 is 4.74 Å². The minimum Gasteiger partial charge on any atom is -0.464 e. The number of carbonyl (C=O) groups excluding carboxylic acids is 2. The van der Waals surface area contributed by atoms with E-state index in [9.17, 15) is 19.7 Å². The Bertz CT molecular complexity index is 799. The van der Waals surface area contributed by atoms with Gasteiger partial charge in [-0.3, -0.25) is 9.59 Å². The van der Waals surface area contributed by atoms with Crippen LogP contribution >= 0.6 is 0 Å².